The highest BCUT2D eigenvalue weighted by atomic mass is 35.5. The minimum absolute atomic E-state index is 0.0846. The minimum Gasteiger partial charge on any atom is -0.335 e. The van der Waals surface area contributed by atoms with Crippen molar-refractivity contribution in [2.75, 3.05) is 26.2 Å². The number of hydrogen-bond donors (Lipinski definition) is 0. The molecule has 0 bridgehead atoms. The van der Waals surface area contributed by atoms with Gasteiger partial charge in [0.15, 0.2) is 0 Å². The number of hydrogen-bond acceptors (Lipinski definition) is 4. The summed E-state index contributed by atoms with van der Waals surface area (Å²) >= 11 is 7.27. The molecule has 4 heterocycles. The minimum atomic E-state index is 0.0846. The molecule has 1 amide bonds. The summed E-state index contributed by atoms with van der Waals surface area (Å²) in [7, 11) is 0. The number of carbonyl (C=O) groups excluding carboxylic acids is 1. The number of pyridine rings is 1. The Hall–Kier alpha value is -1.89. The van der Waals surface area contributed by atoms with E-state index in [1.54, 1.807) is 12.1 Å². The summed E-state index contributed by atoms with van der Waals surface area (Å²) in [6.07, 6.45) is 3.97. The molecule has 0 atom stereocenters. The van der Waals surface area contributed by atoms with E-state index < -0.39 is 0 Å². The van der Waals surface area contributed by atoms with Crippen molar-refractivity contribution in [1.82, 2.24) is 19.2 Å². The number of rotatable bonds is 3. The molecule has 124 valence electrons. The van der Waals surface area contributed by atoms with E-state index in [2.05, 4.69) is 14.3 Å². The second-order valence-electron chi connectivity index (χ2n) is 5.85. The fourth-order valence-electron chi connectivity index (χ4n) is 3.03. The van der Waals surface area contributed by atoms with Crippen LogP contribution in [0.2, 0.25) is 4.34 Å². The van der Waals surface area contributed by atoms with E-state index in [0.717, 1.165) is 43.2 Å². The molecule has 0 saturated carbocycles. The van der Waals surface area contributed by atoms with E-state index in [-0.39, 0.29) is 5.91 Å². The first-order valence-electron chi connectivity index (χ1n) is 7.88. The summed E-state index contributed by atoms with van der Waals surface area (Å²) in [4.78, 5) is 21.9. The standard InChI is InChI=1S/C17H17ClN4OS/c18-15-5-4-14(24-15)17(23)21-9-7-20(8-10-21)12-13-11-19-16-3-1-2-6-22(13)16/h1-6,11H,7-10,12H2. The van der Waals surface area contributed by atoms with Crippen LogP contribution in [0, 0.1) is 0 Å². The fourth-order valence-corrected chi connectivity index (χ4v) is 4.04. The Labute approximate surface area is 149 Å². The zero-order valence-electron chi connectivity index (χ0n) is 13.1. The second-order valence-corrected chi connectivity index (χ2v) is 7.57. The Bertz CT molecular complexity index is 866. The van der Waals surface area contributed by atoms with Gasteiger partial charge in [-0.1, -0.05) is 17.7 Å². The van der Waals surface area contributed by atoms with Gasteiger partial charge in [0.1, 0.15) is 5.65 Å². The summed E-state index contributed by atoms with van der Waals surface area (Å²) in [6.45, 7) is 4.06. The summed E-state index contributed by atoms with van der Waals surface area (Å²) in [5.41, 5.74) is 2.14. The predicted octanol–water partition coefficient (Wildman–Crippen LogP) is 3.01. The van der Waals surface area contributed by atoms with Crippen LogP contribution >= 0.6 is 22.9 Å². The molecular formula is C17H17ClN4OS. The van der Waals surface area contributed by atoms with Crippen molar-refractivity contribution >= 4 is 34.5 Å². The molecule has 0 radical (unpaired) electrons. The molecule has 1 aliphatic heterocycles. The van der Waals surface area contributed by atoms with Gasteiger partial charge in [-0.15, -0.1) is 11.3 Å². The van der Waals surface area contributed by atoms with E-state index in [1.165, 1.54) is 17.0 Å². The van der Waals surface area contributed by atoms with E-state index in [4.69, 9.17) is 11.6 Å². The van der Waals surface area contributed by atoms with Gasteiger partial charge in [-0.05, 0) is 24.3 Å². The van der Waals surface area contributed by atoms with Crippen LogP contribution in [0.25, 0.3) is 5.65 Å². The molecule has 0 spiro atoms. The van der Waals surface area contributed by atoms with Crippen LogP contribution in [0.3, 0.4) is 0 Å². The quantitative estimate of drug-likeness (QED) is 0.721. The van der Waals surface area contributed by atoms with Gasteiger partial charge in [0.25, 0.3) is 5.91 Å². The van der Waals surface area contributed by atoms with Crippen molar-refractivity contribution in [2.45, 2.75) is 6.54 Å². The average Bonchev–Trinajstić information content (AvgIpc) is 3.22. The monoisotopic (exact) mass is 360 g/mol. The summed E-state index contributed by atoms with van der Waals surface area (Å²) in [6, 6.07) is 9.60. The zero-order valence-corrected chi connectivity index (χ0v) is 14.6. The number of aromatic nitrogens is 2. The lowest BCUT2D eigenvalue weighted by atomic mass is 10.2. The van der Waals surface area contributed by atoms with Crippen LogP contribution in [0.5, 0.6) is 0 Å². The van der Waals surface area contributed by atoms with Crippen molar-refractivity contribution in [3.63, 3.8) is 0 Å². The number of piperazine rings is 1. The van der Waals surface area contributed by atoms with E-state index in [0.29, 0.717) is 4.34 Å². The van der Waals surface area contributed by atoms with Gasteiger partial charge in [0, 0.05) is 38.9 Å². The molecule has 5 nitrogen and oxygen atoms in total. The fraction of sp³-hybridized carbons (Fsp3) is 0.294. The van der Waals surface area contributed by atoms with Gasteiger partial charge >= 0.3 is 0 Å². The third-order valence-electron chi connectivity index (χ3n) is 4.32. The summed E-state index contributed by atoms with van der Waals surface area (Å²) < 4.78 is 2.77. The van der Waals surface area contributed by atoms with Gasteiger partial charge in [-0.3, -0.25) is 9.69 Å². The summed E-state index contributed by atoms with van der Waals surface area (Å²) in [5, 5.41) is 0. The Balaban J connectivity index is 1.38. The van der Waals surface area contributed by atoms with E-state index in [1.807, 2.05) is 35.5 Å². The van der Waals surface area contributed by atoms with Gasteiger partial charge in [0.2, 0.25) is 0 Å². The maximum Gasteiger partial charge on any atom is 0.264 e. The normalized spacial score (nSPS) is 16.0. The van der Waals surface area contributed by atoms with Crippen LogP contribution in [0.4, 0.5) is 0 Å². The molecule has 1 saturated heterocycles. The second kappa shape index (κ2) is 6.55. The topological polar surface area (TPSA) is 40.9 Å². The molecule has 0 unspecified atom stereocenters. The molecule has 1 aliphatic rings. The molecule has 3 aromatic rings. The Kier molecular flexibility index (Phi) is 4.26. The van der Waals surface area contributed by atoms with Crippen LogP contribution in [0.15, 0.2) is 42.7 Å². The number of fused-ring (bicyclic) bond motifs is 1. The molecule has 3 aromatic heterocycles. The van der Waals surface area contributed by atoms with Crippen LogP contribution in [-0.4, -0.2) is 51.3 Å². The highest BCUT2D eigenvalue weighted by Crippen LogP contribution is 2.23. The molecule has 0 aromatic carbocycles. The van der Waals surface area contributed by atoms with E-state index >= 15 is 0 Å². The van der Waals surface area contributed by atoms with Crippen molar-refractivity contribution in [2.24, 2.45) is 0 Å². The first-order chi connectivity index (χ1) is 11.7. The first-order valence-corrected chi connectivity index (χ1v) is 9.08. The SMILES string of the molecule is O=C(c1ccc(Cl)s1)N1CCN(Cc2cnc3ccccn23)CC1. The predicted molar refractivity (Wildman–Crippen MR) is 95.7 cm³/mol. The van der Waals surface area contributed by atoms with Gasteiger partial charge in [0.05, 0.1) is 21.1 Å². The summed E-state index contributed by atoms with van der Waals surface area (Å²) in [5.74, 6) is 0.0846. The van der Waals surface area contributed by atoms with Crippen molar-refractivity contribution in [3.8, 4) is 0 Å². The lowest BCUT2D eigenvalue weighted by Gasteiger charge is -2.34. The van der Waals surface area contributed by atoms with Crippen molar-refractivity contribution < 1.29 is 4.79 Å². The highest BCUT2D eigenvalue weighted by Gasteiger charge is 2.23. The molecule has 1 fully saturated rings. The molecule has 24 heavy (non-hydrogen) atoms. The number of carbonyl (C=O) groups is 1. The number of imidazole rings is 1. The van der Waals surface area contributed by atoms with Gasteiger partial charge < -0.3 is 9.30 Å². The number of nitrogens with zero attached hydrogens (tertiary/aromatic N) is 4. The Morgan fingerprint density at radius 1 is 1.17 bits per heavy atom. The molecule has 0 N–H and O–H groups in total. The lowest BCUT2D eigenvalue weighted by molar-refractivity contribution is 0.0631. The maximum atomic E-state index is 12.5. The third kappa shape index (κ3) is 3.05. The molecule has 7 heteroatoms. The van der Waals surface area contributed by atoms with Crippen molar-refractivity contribution in [3.05, 3.63) is 57.6 Å². The Morgan fingerprint density at radius 2 is 2.00 bits per heavy atom. The Morgan fingerprint density at radius 3 is 2.75 bits per heavy atom. The van der Waals surface area contributed by atoms with E-state index in [9.17, 15) is 4.79 Å². The number of halogens is 1. The molecule has 4 rings (SSSR count). The maximum absolute atomic E-state index is 12.5. The first kappa shape index (κ1) is 15.6. The van der Waals surface area contributed by atoms with Crippen LogP contribution in [-0.2, 0) is 6.54 Å². The van der Waals surface area contributed by atoms with Crippen molar-refractivity contribution in [1.29, 1.82) is 0 Å². The van der Waals surface area contributed by atoms with Gasteiger partial charge in [-0.2, -0.15) is 0 Å². The molecule has 0 aliphatic carbocycles. The highest BCUT2D eigenvalue weighted by molar-refractivity contribution is 7.17. The van der Waals surface area contributed by atoms with Crippen LogP contribution in [0.1, 0.15) is 15.4 Å². The van der Waals surface area contributed by atoms with Gasteiger partial charge in [-0.25, -0.2) is 4.98 Å². The number of amides is 1. The number of thiophene rings is 1. The molecular weight excluding hydrogens is 344 g/mol. The zero-order chi connectivity index (χ0) is 16.5. The third-order valence-corrected chi connectivity index (χ3v) is 5.54. The smallest absolute Gasteiger partial charge is 0.264 e. The average molecular weight is 361 g/mol. The van der Waals surface area contributed by atoms with Crippen LogP contribution < -0.4 is 0 Å². The largest absolute Gasteiger partial charge is 0.335 e. The lowest BCUT2D eigenvalue weighted by Crippen LogP contribution is -2.48.